The second kappa shape index (κ2) is 8.65. The summed E-state index contributed by atoms with van der Waals surface area (Å²) in [5.74, 6) is -0.919. The van der Waals surface area contributed by atoms with Crippen molar-refractivity contribution in [2.75, 3.05) is 11.9 Å². The largest absolute Gasteiger partial charge is 0.300 e. The van der Waals surface area contributed by atoms with Gasteiger partial charge in [-0.15, -0.1) is 11.3 Å². The molecule has 0 unspecified atom stereocenters. The maximum Gasteiger partial charge on any atom is 0.294 e. The average molecular weight is 456 g/mol. The predicted molar refractivity (Wildman–Crippen MR) is 113 cm³/mol. The molecule has 1 aliphatic rings. The summed E-state index contributed by atoms with van der Waals surface area (Å²) in [6, 6.07) is 5.38. The van der Waals surface area contributed by atoms with E-state index in [1.54, 1.807) is 32.2 Å². The fourth-order valence-electron chi connectivity index (χ4n) is 2.44. The van der Waals surface area contributed by atoms with Crippen molar-refractivity contribution in [3.05, 3.63) is 55.4 Å². The topological polar surface area (TPSA) is 79.4 Å². The van der Waals surface area contributed by atoms with E-state index in [0.717, 1.165) is 32.7 Å². The average Bonchev–Trinajstić information content (AvgIpc) is 3.17. The van der Waals surface area contributed by atoms with Gasteiger partial charge in [0.2, 0.25) is 5.91 Å². The maximum atomic E-state index is 12.2. The molecule has 1 aromatic heterocycles. The first-order valence-electron chi connectivity index (χ1n) is 8.14. The van der Waals surface area contributed by atoms with Crippen molar-refractivity contribution >= 4 is 68.5 Å². The summed E-state index contributed by atoms with van der Waals surface area (Å²) in [4.78, 5) is 42.8. The van der Waals surface area contributed by atoms with Crippen LogP contribution < -0.4 is 5.32 Å². The van der Waals surface area contributed by atoms with E-state index < -0.39 is 17.1 Å². The number of amides is 3. The van der Waals surface area contributed by atoms with E-state index in [9.17, 15) is 14.4 Å². The highest BCUT2D eigenvalue weighted by molar-refractivity contribution is 8.18. The van der Waals surface area contributed by atoms with Gasteiger partial charge in [0.1, 0.15) is 6.54 Å². The Balaban J connectivity index is 1.61. The second-order valence-electron chi connectivity index (χ2n) is 6.19. The van der Waals surface area contributed by atoms with E-state index in [-0.39, 0.29) is 6.54 Å². The highest BCUT2D eigenvalue weighted by Crippen LogP contribution is 2.32. The van der Waals surface area contributed by atoms with Crippen LogP contribution in [0.2, 0.25) is 10.0 Å². The summed E-state index contributed by atoms with van der Waals surface area (Å²) in [5, 5.41) is 3.55. The number of imide groups is 1. The van der Waals surface area contributed by atoms with Crippen LogP contribution in [0.25, 0.3) is 0 Å². The normalized spacial score (nSPS) is 14.0. The molecule has 0 atom stereocenters. The van der Waals surface area contributed by atoms with Crippen molar-refractivity contribution < 1.29 is 14.4 Å². The minimum Gasteiger partial charge on any atom is -0.300 e. The SMILES string of the molecule is CC(C)=C1SC(=O)N(CC(=O)Nc2ncc(Cc3ccc(Cl)c(Cl)c3)s2)C1=O. The molecular weight excluding hydrogens is 441 g/mol. The van der Waals surface area contributed by atoms with Crippen LogP contribution in [0.1, 0.15) is 24.3 Å². The molecule has 6 nitrogen and oxygen atoms in total. The van der Waals surface area contributed by atoms with Crippen LogP contribution in [-0.2, 0) is 16.0 Å². The van der Waals surface area contributed by atoms with E-state index >= 15 is 0 Å². The second-order valence-corrected chi connectivity index (χ2v) is 9.08. The third kappa shape index (κ3) is 4.75. The van der Waals surface area contributed by atoms with Gasteiger partial charge in [0.05, 0.1) is 15.0 Å². The number of hydrogen-bond acceptors (Lipinski definition) is 6. The lowest BCUT2D eigenvalue weighted by molar-refractivity contribution is -0.127. The van der Waals surface area contributed by atoms with Crippen molar-refractivity contribution in [2.45, 2.75) is 20.3 Å². The first kappa shape index (κ1) is 20.9. The van der Waals surface area contributed by atoms with Gasteiger partial charge in [-0.2, -0.15) is 0 Å². The van der Waals surface area contributed by atoms with Gasteiger partial charge in [-0.05, 0) is 43.3 Å². The van der Waals surface area contributed by atoms with E-state index in [2.05, 4.69) is 10.3 Å². The zero-order valence-electron chi connectivity index (χ0n) is 14.9. The van der Waals surface area contributed by atoms with Crippen molar-refractivity contribution in [1.82, 2.24) is 9.88 Å². The molecular formula is C18H15Cl2N3O3S2. The fourth-order valence-corrected chi connectivity index (χ4v) is 4.46. The van der Waals surface area contributed by atoms with Gasteiger partial charge in [-0.1, -0.05) is 34.8 Å². The van der Waals surface area contributed by atoms with Crippen molar-refractivity contribution in [3.8, 4) is 0 Å². The van der Waals surface area contributed by atoms with Gasteiger partial charge < -0.3 is 5.32 Å². The Kier molecular flexibility index (Phi) is 6.44. The Morgan fingerprint density at radius 2 is 1.96 bits per heavy atom. The van der Waals surface area contributed by atoms with Crippen LogP contribution in [0.15, 0.2) is 34.9 Å². The number of thiazole rings is 1. The lowest BCUT2D eigenvalue weighted by atomic mass is 10.1. The standard InChI is InChI=1S/C18H15Cl2N3O3S2/c1-9(2)15-16(25)23(18(26)28-15)8-14(24)22-17-21-7-11(27-17)5-10-3-4-12(19)13(20)6-10/h3-4,6-7H,5,8H2,1-2H3,(H,21,22,24). The van der Waals surface area contributed by atoms with E-state index in [1.165, 1.54) is 11.3 Å². The van der Waals surface area contributed by atoms with Gasteiger partial charge in [0.15, 0.2) is 5.13 Å². The first-order valence-corrected chi connectivity index (χ1v) is 10.5. The molecule has 28 heavy (non-hydrogen) atoms. The number of nitrogens with one attached hydrogen (secondary N) is 1. The highest BCUT2D eigenvalue weighted by Gasteiger charge is 2.36. The molecule has 1 N–H and O–H groups in total. The van der Waals surface area contributed by atoms with Crippen molar-refractivity contribution in [3.63, 3.8) is 0 Å². The Labute approximate surface area is 179 Å². The fraction of sp³-hybridized carbons (Fsp3) is 0.222. The van der Waals surface area contributed by atoms with E-state index in [4.69, 9.17) is 23.2 Å². The van der Waals surface area contributed by atoms with Gasteiger partial charge in [0, 0.05) is 17.5 Å². The summed E-state index contributed by atoms with van der Waals surface area (Å²) >= 11 is 14.1. The highest BCUT2D eigenvalue weighted by atomic mass is 35.5. The van der Waals surface area contributed by atoms with Crippen LogP contribution in [0.4, 0.5) is 9.93 Å². The lowest BCUT2D eigenvalue weighted by Crippen LogP contribution is -2.36. The lowest BCUT2D eigenvalue weighted by Gasteiger charge is -2.11. The molecule has 2 heterocycles. The van der Waals surface area contributed by atoms with Gasteiger partial charge in [0.25, 0.3) is 11.1 Å². The zero-order valence-corrected chi connectivity index (χ0v) is 18.1. The molecule has 1 aliphatic heterocycles. The van der Waals surface area contributed by atoms with Crippen LogP contribution in [0.3, 0.4) is 0 Å². The number of hydrogen-bond donors (Lipinski definition) is 1. The van der Waals surface area contributed by atoms with Crippen LogP contribution >= 0.6 is 46.3 Å². The number of halogens is 2. The maximum absolute atomic E-state index is 12.2. The number of thioether (sulfide) groups is 1. The van der Waals surface area contributed by atoms with Gasteiger partial charge in [-0.3, -0.25) is 19.3 Å². The summed E-state index contributed by atoms with van der Waals surface area (Å²) in [6.07, 6.45) is 2.25. The van der Waals surface area contributed by atoms with Crippen LogP contribution in [0.5, 0.6) is 0 Å². The Morgan fingerprint density at radius 3 is 2.61 bits per heavy atom. The summed E-state index contributed by atoms with van der Waals surface area (Å²) in [5.41, 5.74) is 1.72. The molecule has 0 aliphatic carbocycles. The first-order chi connectivity index (χ1) is 13.2. The minimum atomic E-state index is -0.479. The summed E-state index contributed by atoms with van der Waals surface area (Å²) in [7, 11) is 0. The third-order valence-corrected chi connectivity index (χ3v) is 6.60. The summed E-state index contributed by atoms with van der Waals surface area (Å²) in [6.45, 7) is 3.16. The third-order valence-electron chi connectivity index (χ3n) is 3.77. The molecule has 0 saturated carbocycles. The molecule has 0 bridgehead atoms. The van der Waals surface area contributed by atoms with Gasteiger partial charge >= 0.3 is 0 Å². The molecule has 2 aromatic rings. The van der Waals surface area contributed by atoms with Crippen LogP contribution in [-0.4, -0.2) is 33.5 Å². The zero-order chi connectivity index (χ0) is 20.4. The predicted octanol–water partition coefficient (Wildman–Crippen LogP) is 4.97. The number of allylic oxidation sites excluding steroid dienone is 1. The Bertz CT molecular complexity index is 1000. The molecule has 1 saturated heterocycles. The number of carbonyl (C=O) groups excluding carboxylic acids is 3. The molecule has 3 rings (SSSR count). The number of anilines is 1. The van der Waals surface area contributed by atoms with E-state index in [0.29, 0.717) is 26.5 Å². The van der Waals surface area contributed by atoms with Gasteiger partial charge in [-0.25, -0.2) is 4.98 Å². The molecule has 146 valence electrons. The quantitative estimate of drug-likeness (QED) is 0.643. The summed E-state index contributed by atoms with van der Waals surface area (Å²) < 4.78 is 0. The number of nitrogens with zero attached hydrogens (tertiary/aromatic N) is 2. The number of carbonyl (C=O) groups is 3. The number of rotatable bonds is 5. The molecule has 1 aromatic carbocycles. The Hall–Kier alpha value is -1.87. The molecule has 10 heteroatoms. The molecule has 0 spiro atoms. The number of benzene rings is 1. The number of aromatic nitrogens is 1. The molecule has 0 radical (unpaired) electrons. The molecule has 3 amide bonds. The monoisotopic (exact) mass is 455 g/mol. The van der Waals surface area contributed by atoms with Crippen molar-refractivity contribution in [1.29, 1.82) is 0 Å². The van der Waals surface area contributed by atoms with E-state index in [1.807, 2.05) is 6.07 Å². The molecule has 1 fully saturated rings. The van der Waals surface area contributed by atoms with Crippen LogP contribution in [0, 0.1) is 0 Å². The minimum absolute atomic E-state index is 0.344. The van der Waals surface area contributed by atoms with Crippen molar-refractivity contribution in [2.24, 2.45) is 0 Å². The smallest absolute Gasteiger partial charge is 0.294 e. The Morgan fingerprint density at radius 1 is 1.21 bits per heavy atom.